The number of nitrogens with zero attached hydrogens (tertiary/aromatic N) is 1. The number of guanidine groups is 1. The van der Waals surface area contributed by atoms with Crippen LogP contribution in [0.25, 0.3) is 0 Å². The standard InChI is InChI=1S/C8H10N4O2/c9-8(10)11-7(13)5-1-3-6(12-14)4-2-5/h1-4,12,14H,(H4,9,10,11,13). The molecule has 0 aliphatic carbocycles. The third-order valence-corrected chi connectivity index (χ3v) is 1.49. The van der Waals surface area contributed by atoms with Gasteiger partial charge in [0, 0.05) is 5.56 Å². The van der Waals surface area contributed by atoms with Crippen molar-refractivity contribution in [3.8, 4) is 0 Å². The fraction of sp³-hybridized carbons (Fsp3) is 0. The summed E-state index contributed by atoms with van der Waals surface area (Å²) in [7, 11) is 0. The van der Waals surface area contributed by atoms with Crippen molar-refractivity contribution < 1.29 is 10.0 Å². The molecule has 1 aromatic carbocycles. The maximum Gasteiger partial charge on any atom is 0.280 e. The Balaban J connectivity index is 2.87. The van der Waals surface area contributed by atoms with Crippen molar-refractivity contribution in [1.29, 1.82) is 0 Å². The minimum absolute atomic E-state index is 0.278. The van der Waals surface area contributed by atoms with Crippen molar-refractivity contribution in [2.75, 3.05) is 5.48 Å². The molecular weight excluding hydrogens is 184 g/mol. The van der Waals surface area contributed by atoms with Crippen LogP contribution in [0.2, 0.25) is 0 Å². The first-order valence-electron chi connectivity index (χ1n) is 3.77. The number of nitrogens with two attached hydrogens (primary N) is 2. The second kappa shape index (κ2) is 4.24. The zero-order valence-corrected chi connectivity index (χ0v) is 7.27. The number of hydrogen-bond acceptors (Lipinski definition) is 3. The highest BCUT2D eigenvalue weighted by Gasteiger charge is 2.03. The number of nitrogens with one attached hydrogen (secondary N) is 1. The van der Waals surface area contributed by atoms with Crippen LogP contribution in [0.5, 0.6) is 0 Å². The molecule has 0 spiro atoms. The Morgan fingerprint density at radius 3 is 2.29 bits per heavy atom. The number of aliphatic imine (C=N–C) groups is 1. The molecule has 74 valence electrons. The van der Waals surface area contributed by atoms with E-state index in [1.54, 1.807) is 0 Å². The number of carbonyl (C=O) groups is 1. The monoisotopic (exact) mass is 194 g/mol. The van der Waals surface area contributed by atoms with E-state index in [9.17, 15) is 4.79 Å². The summed E-state index contributed by atoms with van der Waals surface area (Å²) in [4.78, 5) is 14.6. The molecular formula is C8H10N4O2. The van der Waals surface area contributed by atoms with Gasteiger partial charge in [-0.25, -0.2) is 0 Å². The fourth-order valence-corrected chi connectivity index (χ4v) is 0.869. The lowest BCUT2D eigenvalue weighted by Gasteiger charge is -1.99. The summed E-state index contributed by atoms with van der Waals surface area (Å²) < 4.78 is 0. The third kappa shape index (κ3) is 2.46. The lowest BCUT2D eigenvalue weighted by molar-refractivity contribution is 0.100. The summed E-state index contributed by atoms with van der Waals surface area (Å²) in [5.74, 6) is -0.797. The van der Waals surface area contributed by atoms with Crippen LogP contribution in [-0.2, 0) is 0 Å². The first kappa shape index (κ1) is 10.0. The third-order valence-electron chi connectivity index (χ3n) is 1.49. The predicted octanol–water partition coefficient (Wildman–Crippen LogP) is -0.0987. The molecule has 6 N–H and O–H groups in total. The van der Waals surface area contributed by atoms with Gasteiger partial charge < -0.3 is 11.5 Å². The van der Waals surface area contributed by atoms with E-state index in [0.717, 1.165) is 0 Å². The van der Waals surface area contributed by atoms with E-state index in [1.165, 1.54) is 24.3 Å². The Hall–Kier alpha value is -2.08. The van der Waals surface area contributed by atoms with Crippen molar-refractivity contribution in [3.05, 3.63) is 29.8 Å². The number of hydrogen-bond donors (Lipinski definition) is 4. The van der Waals surface area contributed by atoms with Crippen LogP contribution >= 0.6 is 0 Å². The average Bonchev–Trinajstić information content (AvgIpc) is 2.17. The predicted molar refractivity (Wildman–Crippen MR) is 52.0 cm³/mol. The van der Waals surface area contributed by atoms with E-state index in [4.69, 9.17) is 16.7 Å². The van der Waals surface area contributed by atoms with E-state index in [2.05, 4.69) is 4.99 Å². The molecule has 0 fully saturated rings. The second-order valence-corrected chi connectivity index (χ2v) is 2.53. The van der Waals surface area contributed by atoms with Gasteiger partial charge >= 0.3 is 0 Å². The molecule has 0 heterocycles. The Morgan fingerprint density at radius 1 is 1.29 bits per heavy atom. The van der Waals surface area contributed by atoms with Gasteiger partial charge in [-0.05, 0) is 24.3 Å². The molecule has 0 aromatic heterocycles. The molecule has 0 aliphatic heterocycles. The summed E-state index contributed by atoms with van der Waals surface area (Å²) in [6.07, 6.45) is 0. The van der Waals surface area contributed by atoms with Crippen LogP contribution in [0.15, 0.2) is 29.3 Å². The zero-order valence-electron chi connectivity index (χ0n) is 7.27. The van der Waals surface area contributed by atoms with E-state index in [1.807, 2.05) is 5.48 Å². The molecule has 0 saturated carbocycles. The summed E-state index contributed by atoms with van der Waals surface area (Å²) >= 11 is 0. The number of amides is 1. The fourth-order valence-electron chi connectivity index (χ4n) is 0.869. The first-order chi connectivity index (χ1) is 6.63. The van der Waals surface area contributed by atoms with Crippen LogP contribution < -0.4 is 16.9 Å². The Labute approximate surface area is 80.2 Å². The van der Waals surface area contributed by atoms with Crippen molar-refractivity contribution in [3.63, 3.8) is 0 Å². The number of benzene rings is 1. The summed E-state index contributed by atoms with van der Waals surface area (Å²) in [5.41, 5.74) is 12.8. The highest BCUT2D eigenvalue weighted by atomic mass is 16.5. The normalized spacial score (nSPS) is 9.21. The highest BCUT2D eigenvalue weighted by Crippen LogP contribution is 2.09. The summed E-state index contributed by atoms with van der Waals surface area (Å²) in [6.45, 7) is 0. The first-order valence-corrected chi connectivity index (χ1v) is 3.77. The summed E-state index contributed by atoms with van der Waals surface area (Å²) in [6, 6.07) is 6.03. The Bertz CT molecular complexity index is 354. The van der Waals surface area contributed by atoms with E-state index in [0.29, 0.717) is 11.3 Å². The number of rotatable bonds is 2. The maximum absolute atomic E-state index is 11.2. The lowest BCUT2D eigenvalue weighted by atomic mass is 10.2. The zero-order chi connectivity index (χ0) is 10.6. The molecule has 6 nitrogen and oxygen atoms in total. The van der Waals surface area contributed by atoms with Crippen molar-refractivity contribution >= 4 is 17.6 Å². The molecule has 0 unspecified atom stereocenters. The van der Waals surface area contributed by atoms with Gasteiger partial charge in [-0.15, -0.1) is 0 Å². The maximum atomic E-state index is 11.2. The molecule has 1 aromatic rings. The molecule has 0 radical (unpaired) electrons. The number of anilines is 1. The van der Waals surface area contributed by atoms with Gasteiger partial charge in [0.05, 0.1) is 5.69 Å². The van der Waals surface area contributed by atoms with Crippen LogP contribution in [0.4, 0.5) is 5.69 Å². The molecule has 1 amide bonds. The minimum Gasteiger partial charge on any atom is -0.370 e. The Morgan fingerprint density at radius 2 is 1.86 bits per heavy atom. The van der Waals surface area contributed by atoms with E-state index in [-0.39, 0.29) is 5.96 Å². The van der Waals surface area contributed by atoms with Gasteiger partial charge in [0.25, 0.3) is 5.91 Å². The quantitative estimate of drug-likeness (QED) is 0.298. The van der Waals surface area contributed by atoms with Gasteiger partial charge in [0.2, 0.25) is 0 Å². The van der Waals surface area contributed by atoms with Crippen LogP contribution in [0.1, 0.15) is 10.4 Å². The highest BCUT2D eigenvalue weighted by molar-refractivity contribution is 6.01. The lowest BCUT2D eigenvalue weighted by Crippen LogP contribution is -2.24. The van der Waals surface area contributed by atoms with Crippen molar-refractivity contribution in [1.82, 2.24) is 0 Å². The van der Waals surface area contributed by atoms with E-state index >= 15 is 0 Å². The SMILES string of the molecule is NC(N)=NC(=O)c1ccc(NO)cc1. The number of carbonyl (C=O) groups excluding carboxylic acids is 1. The van der Waals surface area contributed by atoms with Gasteiger partial charge in [-0.1, -0.05) is 0 Å². The van der Waals surface area contributed by atoms with Crippen molar-refractivity contribution in [2.45, 2.75) is 0 Å². The largest absolute Gasteiger partial charge is 0.370 e. The molecule has 0 aliphatic rings. The summed E-state index contributed by atoms with van der Waals surface area (Å²) in [5, 5.41) is 8.51. The topological polar surface area (TPSA) is 114 Å². The van der Waals surface area contributed by atoms with E-state index < -0.39 is 5.91 Å². The van der Waals surface area contributed by atoms with Crippen molar-refractivity contribution in [2.24, 2.45) is 16.5 Å². The van der Waals surface area contributed by atoms with Crippen LogP contribution in [0, 0.1) is 0 Å². The minimum atomic E-state index is -0.519. The van der Waals surface area contributed by atoms with Gasteiger partial charge in [0.15, 0.2) is 5.96 Å². The smallest absolute Gasteiger partial charge is 0.280 e. The van der Waals surface area contributed by atoms with Gasteiger partial charge in [-0.3, -0.25) is 15.5 Å². The molecule has 14 heavy (non-hydrogen) atoms. The molecule has 6 heteroatoms. The average molecular weight is 194 g/mol. The van der Waals surface area contributed by atoms with Gasteiger partial charge in [-0.2, -0.15) is 4.99 Å². The second-order valence-electron chi connectivity index (χ2n) is 2.53. The molecule has 0 saturated heterocycles. The Kier molecular flexibility index (Phi) is 3.03. The molecule has 1 rings (SSSR count). The molecule has 0 bridgehead atoms. The molecule has 0 atom stereocenters. The van der Waals surface area contributed by atoms with Crippen LogP contribution in [-0.4, -0.2) is 17.1 Å². The van der Waals surface area contributed by atoms with Crippen LogP contribution in [0.3, 0.4) is 0 Å². The van der Waals surface area contributed by atoms with Gasteiger partial charge in [0.1, 0.15) is 0 Å².